The van der Waals surface area contributed by atoms with E-state index >= 15 is 0 Å². The van der Waals surface area contributed by atoms with Crippen molar-refractivity contribution in [2.24, 2.45) is 0 Å². The third-order valence-corrected chi connectivity index (χ3v) is 3.95. The number of aryl methyl sites for hydroxylation is 2. The highest BCUT2D eigenvalue weighted by Gasteiger charge is 2.09. The predicted molar refractivity (Wildman–Crippen MR) is 99.0 cm³/mol. The van der Waals surface area contributed by atoms with E-state index in [-0.39, 0.29) is 5.95 Å². The van der Waals surface area contributed by atoms with Gasteiger partial charge in [-0.05, 0) is 37.0 Å². The first-order valence-electron chi connectivity index (χ1n) is 8.47. The lowest BCUT2D eigenvalue weighted by atomic mass is 10.1. The van der Waals surface area contributed by atoms with Crippen LogP contribution in [-0.4, -0.2) is 21.5 Å². The summed E-state index contributed by atoms with van der Waals surface area (Å²) >= 11 is 0. The van der Waals surface area contributed by atoms with Gasteiger partial charge in [0, 0.05) is 12.2 Å². The van der Waals surface area contributed by atoms with Crippen LogP contribution in [0.15, 0.2) is 42.5 Å². The monoisotopic (exact) mass is 321 g/mol. The summed E-state index contributed by atoms with van der Waals surface area (Å²) in [4.78, 5) is 13.4. The van der Waals surface area contributed by atoms with Crippen molar-refractivity contribution in [3.8, 4) is 0 Å². The lowest BCUT2D eigenvalue weighted by molar-refractivity contribution is 0.831. The highest BCUT2D eigenvalue weighted by atomic mass is 15.1. The number of benzene rings is 1. The van der Waals surface area contributed by atoms with E-state index < -0.39 is 0 Å². The predicted octanol–water partition coefficient (Wildman–Crippen LogP) is 3.60. The lowest BCUT2D eigenvalue weighted by Gasteiger charge is -2.10. The number of fused-ring (bicyclic) bond motifs is 1. The van der Waals surface area contributed by atoms with Crippen LogP contribution in [0.5, 0.6) is 0 Å². The van der Waals surface area contributed by atoms with Gasteiger partial charge in [-0.25, -0.2) is 9.97 Å². The normalized spacial score (nSPS) is 10.9. The van der Waals surface area contributed by atoms with Crippen molar-refractivity contribution in [3.63, 3.8) is 0 Å². The van der Waals surface area contributed by atoms with Gasteiger partial charge >= 0.3 is 0 Å². The summed E-state index contributed by atoms with van der Waals surface area (Å²) in [6, 6.07) is 14.4. The second kappa shape index (κ2) is 7.73. The molecule has 0 bridgehead atoms. The zero-order valence-electron chi connectivity index (χ0n) is 14.0. The van der Waals surface area contributed by atoms with Gasteiger partial charge in [-0.3, -0.25) is 0 Å². The van der Waals surface area contributed by atoms with Crippen LogP contribution in [0.1, 0.15) is 31.0 Å². The standard InChI is InChI=1S/C19H23N5/c1-2-3-13-21-18-17-16(23-19(20)24-18)12-11-15(22-17)10-9-14-7-5-4-6-8-14/h4-8,11-12H,2-3,9-10,13H2,1H3,(H3,20,21,23,24). The van der Waals surface area contributed by atoms with E-state index in [0.29, 0.717) is 0 Å². The van der Waals surface area contributed by atoms with Crippen LogP contribution in [0.4, 0.5) is 11.8 Å². The number of nitrogen functional groups attached to an aromatic ring is 1. The van der Waals surface area contributed by atoms with E-state index in [1.54, 1.807) is 0 Å². The van der Waals surface area contributed by atoms with Gasteiger partial charge in [-0.1, -0.05) is 43.7 Å². The Bertz CT molecular complexity index is 801. The minimum absolute atomic E-state index is 0.278. The first-order valence-corrected chi connectivity index (χ1v) is 8.47. The van der Waals surface area contributed by atoms with Crippen molar-refractivity contribution >= 4 is 22.8 Å². The summed E-state index contributed by atoms with van der Waals surface area (Å²) in [6.45, 7) is 3.02. The first-order chi connectivity index (χ1) is 11.8. The second-order valence-electron chi connectivity index (χ2n) is 5.87. The van der Waals surface area contributed by atoms with E-state index in [1.165, 1.54) is 5.56 Å². The molecule has 3 rings (SSSR count). The molecule has 0 radical (unpaired) electrons. The molecule has 24 heavy (non-hydrogen) atoms. The summed E-state index contributed by atoms with van der Waals surface area (Å²) < 4.78 is 0. The topological polar surface area (TPSA) is 76.7 Å². The Labute approximate surface area is 142 Å². The number of hydrogen-bond acceptors (Lipinski definition) is 5. The third kappa shape index (κ3) is 3.98. The van der Waals surface area contributed by atoms with Crippen molar-refractivity contribution in [2.75, 3.05) is 17.6 Å². The van der Waals surface area contributed by atoms with Gasteiger partial charge < -0.3 is 11.1 Å². The number of rotatable bonds is 7. The van der Waals surface area contributed by atoms with Gasteiger partial charge in [0.2, 0.25) is 5.95 Å². The highest BCUT2D eigenvalue weighted by molar-refractivity contribution is 5.86. The molecule has 0 saturated heterocycles. The molecule has 5 heteroatoms. The van der Waals surface area contributed by atoms with Gasteiger partial charge in [0.1, 0.15) is 5.52 Å². The Kier molecular flexibility index (Phi) is 5.21. The van der Waals surface area contributed by atoms with Gasteiger partial charge in [0.05, 0.1) is 5.52 Å². The molecule has 3 N–H and O–H groups in total. The molecule has 0 aliphatic heterocycles. The first kappa shape index (κ1) is 16.2. The second-order valence-corrected chi connectivity index (χ2v) is 5.87. The van der Waals surface area contributed by atoms with Crippen LogP contribution in [0.2, 0.25) is 0 Å². The average molecular weight is 321 g/mol. The number of anilines is 2. The van der Waals surface area contributed by atoms with Crippen molar-refractivity contribution < 1.29 is 0 Å². The van der Waals surface area contributed by atoms with Crippen LogP contribution in [0.25, 0.3) is 11.0 Å². The number of hydrogen-bond donors (Lipinski definition) is 2. The minimum Gasteiger partial charge on any atom is -0.368 e. The Morgan fingerprint density at radius 3 is 2.58 bits per heavy atom. The molecule has 0 aliphatic carbocycles. The number of nitrogens with zero attached hydrogens (tertiary/aromatic N) is 3. The fourth-order valence-electron chi connectivity index (χ4n) is 2.64. The van der Waals surface area contributed by atoms with Crippen LogP contribution in [0.3, 0.4) is 0 Å². The molecule has 2 heterocycles. The molecule has 124 valence electrons. The molecule has 0 atom stereocenters. The van der Waals surface area contributed by atoms with E-state index in [1.807, 2.05) is 18.2 Å². The van der Waals surface area contributed by atoms with Gasteiger partial charge in [0.25, 0.3) is 0 Å². The molecule has 0 amide bonds. The van der Waals surface area contributed by atoms with Crippen LogP contribution < -0.4 is 11.1 Å². The van der Waals surface area contributed by atoms with Crippen molar-refractivity contribution in [2.45, 2.75) is 32.6 Å². The Morgan fingerprint density at radius 2 is 1.79 bits per heavy atom. The molecule has 3 aromatic rings. The molecule has 0 aliphatic rings. The maximum atomic E-state index is 5.81. The number of unbranched alkanes of at least 4 members (excludes halogenated alkanes) is 1. The Morgan fingerprint density at radius 1 is 0.958 bits per heavy atom. The Hall–Kier alpha value is -2.69. The largest absolute Gasteiger partial charge is 0.368 e. The van der Waals surface area contributed by atoms with Crippen LogP contribution in [0, 0.1) is 0 Å². The van der Waals surface area contributed by atoms with Crippen molar-refractivity contribution in [1.82, 2.24) is 15.0 Å². The maximum Gasteiger partial charge on any atom is 0.222 e. The minimum atomic E-state index is 0.278. The van der Waals surface area contributed by atoms with E-state index in [2.05, 4.69) is 46.5 Å². The molecule has 0 spiro atoms. The van der Waals surface area contributed by atoms with Crippen LogP contribution >= 0.6 is 0 Å². The Balaban J connectivity index is 1.82. The van der Waals surface area contributed by atoms with Crippen LogP contribution in [-0.2, 0) is 12.8 Å². The number of pyridine rings is 1. The highest BCUT2D eigenvalue weighted by Crippen LogP contribution is 2.20. The third-order valence-electron chi connectivity index (χ3n) is 3.95. The summed E-state index contributed by atoms with van der Waals surface area (Å²) in [7, 11) is 0. The van der Waals surface area contributed by atoms with Gasteiger partial charge in [-0.2, -0.15) is 4.98 Å². The molecule has 0 unspecified atom stereocenters. The van der Waals surface area contributed by atoms with E-state index in [9.17, 15) is 0 Å². The average Bonchev–Trinajstić information content (AvgIpc) is 2.61. The SMILES string of the molecule is CCCCNc1nc(N)nc2ccc(CCc3ccccc3)nc12. The van der Waals surface area contributed by atoms with Crippen molar-refractivity contribution in [1.29, 1.82) is 0 Å². The fraction of sp³-hybridized carbons (Fsp3) is 0.316. The number of nitrogens with one attached hydrogen (secondary N) is 1. The molecule has 5 nitrogen and oxygen atoms in total. The number of aromatic nitrogens is 3. The smallest absolute Gasteiger partial charge is 0.222 e. The molecule has 0 fully saturated rings. The van der Waals surface area contributed by atoms with Gasteiger partial charge in [-0.15, -0.1) is 0 Å². The summed E-state index contributed by atoms with van der Waals surface area (Å²) in [5.41, 5.74) is 9.75. The van der Waals surface area contributed by atoms with Crippen molar-refractivity contribution in [3.05, 3.63) is 53.7 Å². The zero-order valence-corrected chi connectivity index (χ0v) is 14.0. The zero-order chi connectivity index (χ0) is 16.8. The fourth-order valence-corrected chi connectivity index (χ4v) is 2.64. The molecule has 2 aromatic heterocycles. The molecule has 1 aromatic carbocycles. The quantitative estimate of drug-likeness (QED) is 0.650. The molecular weight excluding hydrogens is 298 g/mol. The summed E-state index contributed by atoms with van der Waals surface area (Å²) in [6.07, 6.45) is 4.06. The summed E-state index contributed by atoms with van der Waals surface area (Å²) in [5.74, 6) is 1.01. The van der Waals surface area contributed by atoms with E-state index in [4.69, 9.17) is 10.7 Å². The summed E-state index contributed by atoms with van der Waals surface area (Å²) in [5, 5.41) is 3.34. The lowest BCUT2D eigenvalue weighted by Crippen LogP contribution is -2.08. The molecular formula is C19H23N5. The maximum absolute atomic E-state index is 5.81. The molecule has 0 saturated carbocycles. The van der Waals surface area contributed by atoms with E-state index in [0.717, 1.165) is 54.8 Å². The number of nitrogens with two attached hydrogens (primary N) is 1. The van der Waals surface area contributed by atoms with Gasteiger partial charge in [0.15, 0.2) is 5.82 Å².